The lowest BCUT2D eigenvalue weighted by molar-refractivity contribution is -0.138. The number of anilines is 1. The van der Waals surface area contributed by atoms with Crippen LogP contribution in [0.25, 0.3) is 10.8 Å². The van der Waals surface area contributed by atoms with E-state index in [4.69, 9.17) is 0 Å². The Balaban J connectivity index is 0.00000200. The van der Waals surface area contributed by atoms with Gasteiger partial charge in [0.2, 0.25) is 0 Å². The van der Waals surface area contributed by atoms with Crippen LogP contribution in [-0.4, -0.2) is 19.6 Å². The fourth-order valence-electron chi connectivity index (χ4n) is 2.26. The molecule has 0 fully saturated rings. The first kappa shape index (κ1) is 16.3. The zero-order valence-corrected chi connectivity index (χ0v) is 12.6. The summed E-state index contributed by atoms with van der Waals surface area (Å²) in [7, 11) is 1.40. The molecule has 0 aromatic heterocycles. The first-order valence-corrected chi connectivity index (χ1v) is 6.57. The molecule has 0 heterocycles. The van der Waals surface area contributed by atoms with Gasteiger partial charge in [0.15, 0.2) is 0 Å². The van der Waals surface area contributed by atoms with Gasteiger partial charge in [0.05, 0.1) is 7.11 Å². The number of methoxy groups -OCH3 is 1. The Hall–Kier alpha value is -1.74. The van der Waals surface area contributed by atoms with E-state index < -0.39 is 0 Å². The highest BCUT2D eigenvalue weighted by Crippen LogP contribution is 2.27. The highest BCUT2D eigenvalue weighted by atomic mass is 35.5. The molecule has 0 saturated heterocycles. The van der Waals surface area contributed by atoms with Gasteiger partial charge in [0.25, 0.3) is 0 Å². The molecule has 0 aliphatic heterocycles. The quantitative estimate of drug-likeness (QED) is 0.852. The molecule has 0 atom stereocenters. The molecule has 1 N–H and O–H groups in total. The van der Waals surface area contributed by atoms with E-state index in [0.29, 0.717) is 0 Å². The standard InChI is InChI=1S/C16H19NO2.ClH/c1-3-6-14-13-8-5-4-7-12(13)9-10-15(14)17-11-16(18)19-2;/h4-5,7-10,17H,3,6,11H2,1-2H3;1H. The van der Waals surface area contributed by atoms with E-state index in [9.17, 15) is 4.79 Å². The number of aryl methyl sites for hydroxylation is 1. The van der Waals surface area contributed by atoms with Gasteiger partial charge in [-0.25, -0.2) is 0 Å². The first-order chi connectivity index (χ1) is 9.26. The van der Waals surface area contributed by atoms with Gasteiger partial charge >= 0.3 is 5.97 Å². The first-order valence-electron chi connectivity index (χ1n) is 6.57. The second-order valence-corrected chi connectivity index (χ2v) is 4.49. The maximum Gasteiger partial charge on any atom is 0.325 e. The Morgan fingerprint density at radius 2 is 1.95 bits per heavy atom. The van der Waals surface area contributed by atoms with E-state index in [1.807, 2.05) is 18.2 Å². The number of hydrogen-bond donors (Lipinski definition) is 1. The molecule has 0 saturated carbocycles. The predicted octanol–water partition coefficient (Wildman–Crippen LogP) is 3.80. The van der Waals surface area contributed by atoms with Crippen molar-refractivity contribution < 1.29 is 9.53 Å². The summed E-state index contributed by atoms with van der Waals surface area (Å²) in [5.74, 6) is -0.254. The molecule has 0 unspecified atom stereocenters. The molecule has 108 valence electrons. The van der Waals surface area contributed by atoms with Crippen molar-refractivity contribution in [1.82, 2.24) is 0 Å². The molecule has 0 bridgehead atoms. The Kier molecular flexibility index (Phi) is 6.32. The van der Waals surface area contributed by atoms with E-state index in [0.717, 1.165) is 18.5 Å². The lowest BCUT2D eigenvalue weighted by Gasteiger charge is -2.14. The van der Waals surface area contributed by atoms with Crippen LogP contribution in [0.15, 0.2) is 36.4 Å². The summed E-state index contributed by atoms with van der Waals surface area (Å²) in [4.78, 5) is 11.2. The van der Waals surface area contributed by atoms with E-state index >= 15 is 0 Å². The van der Waals surface area contributed by atoms with Crippen LogP contribution in [0.4, 0.5) is 5.69 Å². The smallest absolute Gasteiger partial charge is 0.325 e. The van der Waals surface area contributed by atoms with Gasteiger partial charge in [-0.3, -0.25) is 4.79 Å². The van der Waals surface area contributed by atoms with Crippen LogP contribution in [0, 0.1) is 0 Å². The second kappa shape index (κ2) is 7.75. The highest BCUT2D eigenvalue weighted by molar-refractivity contribution is 5.90. The molecule has 0 aliphatic rings. The minimum atomic E-state index is -0.254. The largest absolute Gasteiger partial charge is 0.468 e. The summed E-state index contributed by atoms with van der Waals surface area (Å²) < 4.78 is 4.66. The third kappa shape index (κ3) is 3.64. The van der Waals surface area contributed by atoms with Gasteiger partial charge in [-0.15, -0.1) is 12.4 Å². The van der Waals surface area contributed by atoms with Gasteiger partial charge in [-0.2, -0.15) is 0 Å². The number of nitrogens with one attached hydrogen (secondary N) is 1. The van der Waals surface area contributed by atoms with E-state index in [2.05, 4.69) is 35.2 Å². The molecule has 2 aromatic carbocycles. The fourth-order valence-corrected chi connectivity index (χ4v) is 2.26. The second-order valence-electron chi connectivity index (χ2n) is 4.49. The van der Waals surface area contributed by atoms with Crippen LogP contribution in [0.5, 0.6) is 0 Å². The third-order valence-corrected chi connectivity index (χ3v) is 3.19. The summed E-state index contributed by atoms with van der Waals surface area (Å²) in [5.41, 5.74) is 2.29. The molecule has 2 rings (SSSR count). The van der Waals surface area contributed by atoms with Gasteiger partial charge in [-0.05, 0) is 28.8 Å². The monoisotopic (exact) mass is 293 g/mol. The number of ether oxygens (including phenoxy) is 1. The summed E-state index contributed by atoms with van der Waals surface area (Å²) in [6, 6.07) is 12.4. The van der Waals surface area contributed by atoms with Gasteiger partial charge in [0.1, 0.15) is 6.54 Å². The number of halogens is 1. The Morgan fingerprint density at radius 3 is 2.65 bits per heavy atom. The van der Waals surface area contributed by atoms with E-state index in [1.54, 1.807) is 0 Å². The number of benzene rings is 2. The van der Waals surface area contributed by atoms with Crippen molar-refractivity contribution in [3.63, 3.8) is 0 Å². The number of rotatable bonds is 5. The number of carbonyl (C=O) groups excluding carboxylic acids is 1. The van der Waals surface area contributed by atoms with Crippen molar-refractivity contribution in [2.24, 2.45) is 0 Å². The van der Waals surface area contributed by atoms with Crippen LogP contribution in [0.2, 0.25) is 0 Å². The molecule has 0 radical (unpaired) electrons. The highest BCUT2D eigenvalue weighted by Gasteiger charge is 2.08. The van der Waals surface area contributed by atoms with Crippen molar-refractivity contribution in [1.29, 1.82) is 0 Å². The summed E-state index contributed by atoms with van der Waals surface area (Å²) >= 11 is 0. The average Bonchev–Trinajstić information content (AvgIpc) is 2.46. The average molecular weight is 294 g/mol. The SMILES string of the molecule is CCCc1c(NCC(=O)OC)ccc2ccccc12.Cl. The van der Waals surface area contributed by atoms with Crippen molar-refractivity contribution in [2.45, 2.75) is 19.8 Å². The molecule has 0 spiro atoms. The maximum atomic E-state index is 11.2. The molecular formula is C16H20ClNO2. The molecule has 20 heavy (non-hydrogen) atoms. The van der Waals surface area contributed by atoms with Crippen molar-refractivity contribution in [3.05, 3.63) is 42.0 Å². The van der Waals surface area contributed by atoms with Gasteiger partial charge < -0.3 is 10.1 Å². The minimum absolute atomic E-state index is 0. The van der Waals surface area contributed by atoms with Crippen molar-refractivity contribution in [3.8, 4) is 0 Å². The topological polar surface area (TPSA) is 38.3 Å². The Labute approximate surface area is 125 Å². The van der Waals surface area contributed by atoms with E-state index in [-0.39, 0.29) is 24.9 Å². The normalized spacial score (nSPS) is 9.90. The van der Waals surface area contributed by atoms with Crippen LogP contribution < -0.4 is 5.32 Å². The maximum absolute atomic E-state index is 11.2. The van der Waals surface area contributed by atoms with Crippen LogP contribution in [0.1, 0.15) is 18.9 Å². The third-order valence-electron chi connectivity index (χ3n) is 3.19. The zero-order valence-electron chi connectivity index (χ0n) is 11.8. The number of fused-ring (bicyclic) bond motifs is 1. The molecule has 2 aromatic rings. The lowest BCUT2D eigenvalue weighted by Crippen LogP contribution is -2.16. The molecule has 0 aliphatic carbocycles. The number of esters is 1. The van der Waals surface area contributed by atoms with Crippen molar-refractivity contribution >= 4 is 34.8 Å². The fraction of sp³-hybridized carbons (Fsp3) is 0.312. The Bertz CT molecular complexity index is 584. The summed E-state index contributed by atoms with van der Waals surface area (Å²) in [6.45, 7) is 2.36. The summed E-state index contributed by atoms with van der Waals surface area (Å²) in [5, 5.41) is 5.65. The van der Waals surface area contributed by atoms with Crippen molar-refractivity contribution in [2.75, 3.05) is 19.0 Å². The lowest BCUT2D eigenvalue weighted by atomic mass is 9.99. The molecular weight excluding hydrogens is 274 g/mol. The van der Waals surface area contributed by atoms with Gasteiger partial charge in [-0.1, -0.05) is 43.7 Å². The van der Waals surface area contributed by atoms with Gasteiger partial charge in [0, 0.05) is 5.69 Å². The molecule has 0 amide bonds. The number of carbonyl (C=O) groups is 1. The Morgan fingerprint density at radius 1 is 1.20 bits per heavy atom. The summed E-state index contributed by atoms with van der Waals surface area (Å²) in [6.07, 6.45) is 2.06. The van der Waals surface area contributed by atoms with Crippen LogP contribution >= 0.6 is 12.4 Å². The minimum Gasteiger partial charge on any atom is -0.468 e. The predicted molar refractivity (Wildman–Crippen MR) is 85.7 cm³/mol. The van der Waals surface area contributed by atoms with Crippen LogP contribution in [0.3, 0.4) is 0 Å². The molecule has 4 heteroatoms. The zero-order chi connectivity index (χ0) is 13.7. The van der Waals surface area contributed by atoms with Crippen LogP contribution in [-0.2, 0) is 16.0 Å². The molecule has 3 nitrogen and oxygen atoms in total. The van der Waals surface area contributed by atoms with E-state index in [1.165, 1.54) is 23.4 Å². The number of hydrogen-bond acceptors (Lipinski definition) is 3.